The average Bonchev–Trinajstić information content (AvgIpc) is 2.89. The van der Waals surface area contributed by atoms with Gasteiger partial charge in [0.25, 0.3) is 0 Å². The second-order valence-electron chi connectivity index (χ2n) is 5.69. The quantitative estimate of drug-likeness (QED) is 0.886. The highest BCUT2D eigenvalue weighted by molar-refractivity contribution is 5.76. The van der Waals surface area contributed by atoms with Crippen LogP contribution >= 0.6 is 0 Å². The van der Waals surface area contributed by atoms with Crippen molar-refractivity contribution < 1.29 is 9.32 Å². The van der Waals surface area contributed by atoms with Crippen LogP contribution in [0, 0.1) is 5.92 Å². The molecule has 1 aromatic heterocycles. The second-order valence-corrected chi connectivity index (χ2v) is 5.69. The molecule has 5 nitrogen and oxygen atoms in total. The minimum absolute atomic E-state index is 0.00251. The van der Waals surface area contributed by atoms with E-state index in [1.807, 2.05) is 0 Å². The van der Waals surface area contributed by atoms with E-state index in [4.69, 9.17) is 4.52 Å². The summed E-state index contributed by atoms with van der Waals surface area (Å²) in [4.78, 5) is 15.7. The molecule has 2 rings (SSSR count). The van der Waals surface area contributed by atoms with Crippen molar-refractivity contribution in [2.24, 2.45) is 5.92 Å². The minimum atomic E-state index is 0.00251. The van der Waals surface area contributed by atoms with E-state index in [0.29, 0.717) is 18.2 Å². The van der Waals surface area contributed by atoms with Crippen molar-refractivity contribution in [1.82, 2.24) is 15.5 Å². The fourth-order valence-electron chi connectivity index (χ4n) is 2.35. The van der Waals surface area contributed by atoms with Crippen LogP contribution in [0.15, 0.2) is 4.52 Å². The highest BCUT2D eigenvalue weighted by Gasteiger charge is 2.29. The van der Waals surface area contributed by atoms with Crippen LogP contribution in [0.3, 0.4) is 0 Å². The maximum absolute atomic E-state index is 11.1. The SMILES string of the molecule is CCC(C)(CC)c1noc(CC2CCC(=O)NC2)n1. The summed E-state index contributed by atoms with van der Waals surface area (Å²) in [6, 6.07) is 0. The zero-order valence-corrected chi connectivity index (χ0v) is 12.0. The molecule has 1 aromatic rings. The molecule has 1 unspecified atom stereocenters. The van der Waals surface area contributed by atoms with Crippen LogP contribution < -0.4 is 5.32 Å². The Hall–Kier alpha value is -1.39. The maximum atomic E-state index is 11.1. The molecule has 2 heterocycles. The van der Waals surface area contributed by atoms with Crippen LogP contribution in [0.4, 0.5) is 0 Å². The highest BCUT2D eigenvalue weighted by Crippen LogP contribution is 2.29. The lowest BCUT2D eigenvalue weighted by atomic mass is 9.84. The van der Waals surface area contributed by atoms with Gasteiger partial charge in [-0.05, 0) is 25.2 Å². The van der Waals surface area contributed by atoms with Crippen molar-refractivity contribution in [2.75, 3.05) is 6.54 Å². The van der Waals surface area contributed by atoms with E-state index in [2.05, 4.69) is 36.2 Å². The molecule has 0 aromatic carbocycles. The van der Waals surface area contributed by atoms with Crippen LogP contribution in [0.2, 0.25) is 0 Å². The van der Waals surface area contributed by atoms with Crippen molar-refractivity contribution in [3.8, 4) is 0 Å². The number of amides is 1. The van der Waals surface area contributed by atoms with Crippen LogP contribution in [-0.4, -0.2) is 22.6 Å². The van der Waals surface area contributed by atoms with Gasteiger partial charge in [0.05, 0.1) is 0 Å². The lowest BCUT2D eigenvalue weighted by molar-refractivity contribution is -0.122. The molecule has 1 fully saturated rings. The first-order valence-corrected chi connectivity index (χ1v) is 7.17. The van der Waals surface area contributed by atoms with Crippen molar-refractivity contribution in [3.05, 3.63) is 11.7 Å². The Labute approximate surface area is 114 Å². The molecule has 1 N–H and O–H groups in total. The molecule has 1 aliphatic heterocycles. The van der Waals surface area contributed by atoms with E-state index in [1.54, 1.807) is 0 Å². The maximum Gasteiger partial charge on any atom is 0.227 e. The number of hydrogen-bond donors (Lipinski definition) is 1. The summed E-state index contributed by atoms with van der Waals surface area (Å²) in [5.41, 5.74) is 0.00251. The molecule has 106 valence electrons. The molecular weight excluding hydrogens is 242 g/mol. The normalized spacial score (nSPS) is 20.4. The standard InChI is InChI=1S/C14H23N3O2/c1-4-14(3,5-2)13-16-12(19-17-13)8-10-6-7-11(18)15-9-10/h10H,4-9H2,1-3H3,(H,15,18). The lowest BCUT2D eigenvalue weighted by Gasteiger charge is -2.22. The average molecular weight is 265 g/mol. The molecule has 0 radical (unpaired) electrons. The number of nitrogens with one attached hydrogen (secondary N) is 1. The number of carbonyl (C=O) groups excluding carboxylic acids is 1. The first-order valence-electron chi connectivity index (χ1n) is 7.17. The molecule has 0 saturated carbocycles. The topological polar surface area (TPSA) is 68.0 Å². The van der Waals surface area contributed by atoms with Gasteiger partial charge in [-0.2, -0.15) is 4.98 Å². The first-order chi connectivity index (χ1) is 9.07. The predicted molar refractivity (Wildman–Crippen MR) is 71.7 cm³/mol. The number of piperidine rings is 1. The highest BCUT2D eigenvalue weighted by atomic mass is 16.5. The number of aromatic nitrogens is 2. The fraction of sp³-hybridized carbons (Fsp3) is 0.786. The van der Waals surface area contributed by atoms with Crippen molar-refractivity contribution in [1.29, 1.82) is 0 Å². The summed E-state index contributed by atoms with van der Waals surface area (Å²) < 4.78 is 5.37. The Morgan fingerprint density at radius 2 is 2.16 bits per heavy atom. The minimum Gasteiger partial charge on any atom is -0.356 e. The summed E-state index contributed by atoms with van der Waals surface area (Å²) in [7, 11) is 0. The van der Waals surface area contributed by atoms with Gasteiger partial charge in [-0.15, -0.1) is 0 Å². The van der Waals surface area contributed by atoms with Crippen LogP contribution in [-0.2, 0) is 16.6 Å². The van der Waals surface area contributed by atoms with E-state index in [0.717, 1.165) is 38.1 Å². The third kappa shape index (κ3) is 3.14. The molecule has 1 saturated heterocycles. The van der Waals surface area contributed by atoms with Gasteiger partial charge in [0.1, 0.15) is 0 Å². The van der Waals surface area contributed by atoms with Gasteiger partial charge < -0.3 is 9.84 Å². The Morgan fingerprint density at radius 3 is 2.74 bits per heavy atom. The molecule has 19 heavy (non-hydrogen) atoms. The number of rotatable bonds is 5. The van der Waals surface area contributed by atoms with Crippen molar-refractivity contribution in [3.63, 3.8) is 0 Å². The smallest absolute Gasteiger partial charge is 0.227 e. The summed E-state index contributed by atoms with van der Waals surface area (Å²) in [5, 5.41) is 7.02. The van der Waals surface area contributed by atoms with E-state index >= 15 is 0 Å². The van der Waals surface area contributed by atoms with E-state index < -0.39 is 0 Å². The van der Waals surface area contributed by atoms with Crippen molar-refractivity contribution in [2.45, 2.75) is 58.3 Å². The predicted octanol–water partition coefficient (Wildman–Crippen LogP) is 2.22. The number of carbonyl (C=O) groups is 1. The van der Waals surface area contributed by atoms with Gasteiger partial charge in [0, 0.05) is 24.8 Å². The first kappa shape index (κ1) is 14.0. The zero-order valence-electron chi connectivity index (χ0n) is 12.0. The number of nitrogens with zero attached hydrogens (tertiary/aromatic N) is 2. The van der Waals surface area contributed by atoms with Crippen LogP contribution in [0.1, 0.15) is 58.2 Å². The van der Waals surface area contributed by atoms with Gasteiger partial charge in [-0.3, -0.25) is 4.79 Å². The summed E-state index contributed by atoms with van der Waals surface area (Å²) >= 11 is 0. The van der Waals surface area contributed by atoms with Crippen LogP contribution in [0.5, 0.6) is 0 Å². The molecule has 5 heteroatoms. The van der Waals surface area contributed by atoms with E-state index in [-0.39, 0.29) is 11.3 Å². The Kier molecular flexibility index (Phi) is 4.22. The van der Waals surface area contributed by atoms with Crippen molar-refractivity contribution >= 4 is 5.91 Å². The third-order valence-corrected chi connectivity index (χ3v) is 4.40. The zero-order chi connectivity index (χ0) is 13.9. The third-order valence-electron chi connectivity index (χ3n) is 4.40. The Balaban J connectivity index is 1.99. The monoisotopic (exact) mass is 265 g/mol. The van der Waals surface area contributed by atoms with Gasteiger partial charge in [0.2, 0.25) is 11.8 Å². The largest absolute Gasteiger partial charge is 0.356 e. The molecule has 0 aliphatic carbocycles. The molecule has 1 amide bonds. The Morgan fingerprint density at radius 1 is 1.42 bits per heavy atom. The van der Waals surface area contributed by atoms with Gasteiger partial charge >= 0.3 is 0 Å². The summed E-state index contributed by atoms with van der Waals surface area (Å²) in [5.74, 6) is 2.07. The van der Waals surface area contributed by atoms with Crippen LogP contribution in [0.25, 0.3) is 0 Å². The molecule has 0 bridgehead atoms. The van der Waals surface area contributed by atoms with E-state index in [1.165, 1.54) is 0 Å². The van der Waals surface area contributed by atoms with Gasteiger partial charge in [0.15, 0.2) is 5.82 Å². The number of hydrogen-bond acceptors (Lipinski definition) is 4. The molecule has 0 spiro atoms. The molecule has 1 aliphatic rings. The Bertz CT molecular complexity index is 428. The van der Waals surface area contributed by atoms with Gasteiger partial charge in [-0.1, -0.05) is 25.9 Å². The van der Waals surface area contributed by atoms with E-state index in [9.17, 15) is 4.79 Å². The summed E-state index contributed by atoms with van der Waals surface area (Å²) in [6.45, 7) is 7.18. The molecule has 1 atom stereocenters. The van der Waals surface area contributed by atoms with Gasteiger partial charge in [-0.25, -0.2) is 0 Å². The molecular formula is C14H23N3O2. The fourth-order valence-corrected chi connectivity index (χ4v) is 2.35. The summed E-state index contributed by atoms with van der Waals surface area (Å²) in [6.07, 6.45) is 4.27. The lowest BCUT2D eigenvalue weighted by Crippen LogP contribution is -2.35. The second kappa shape index (κ2) is 5.72.